The van der Waals surface area contributed by atoms with Gasteiger partial charge in [0.05, 0.1) is 26.4 Å². The molecule has 0 aliphatic carbocycles. The molecule has 19 heteroatoms. The number of esters is 4. The van der Waals surface area contributed by atoms with E-state index in [2.05, 4.69) is 186 Å². The van der Waals surface area contributed by atoms with Gasteiger partial charge in [0.15, 0.2) is 12.2 Å². The van der Waals surface area contributed by atoms with E-state index in [1.807, 2.05) is 36.5 Å². The van der Waals surface area contributed by atoms with Gasteiger partial charge in [0.2, 0.25) is 0 Å². The molecule has 0 fully saturated rings. The normalized spacial score (nSPS) is 14.7. The van der Waals surface area contributed by atoms with Crippen molar-refractivity contribution in [3.8, 4) is 0 Å². The summed E-state index contributed by atoms with van der Waals surface area (Å²) in [4.78, 5) is 73.2. The summed E-state index contributed by atoms with van der Waals surface area (Å²) >= 11 is 0. The second kappa shape index (κ2) is 82.9. The summed E-state index contributed by atoms with van der Waals surface area (Å²) < 4.78 is 68.6. The van der Waals surface area contributed by atoms with E-state index < -0.39 is 97.5 Å². The van der Waals surface area contributed by atoms with Gasteiger partial charge >= 0.3 is 39.5 Å². The summed E-state index contributed by atoms with van der Waals surface area (Å²) in [5.41, 5.74) is 0. The van der Waals surface area contributed by atoms with Gasteiger partial charge in [-0.15, -0.1) is 0 Å². The van der Waals surface area contributed by atoms with Crippen LogP contribution in [0.3, 0.4) is 0 Å². The molecule has 2 unspecified atom stereocenters. The number of carbonyl (C=O) groups is 4. The molecule has 0 aliphatic heterocycles. The third kappa shape index (κ3) is 81.9. The Hall–Kier alpha value is -6.10. The number of unbranched alkanes of at least 4 members (excludes halogenated alkanes) is 20. The molecule has 0 bridgehead atoms. The lowest BCUT2D eigenvalue weighted by atomic mass is 10.0. The van der Waals surface area contributed by atoms with Gasteiger partial charge in [-0.25, -0.2) is 9.13 Å². The molecule has 0 aliphatic rings. The summed E-state index contributed by atoms with van der Waals surface area (Å²) in [6.07, 6.45) is 103. The van der Waals surface area contributed by atoms with Crippen molar-refractivity contribution in [2.75, 3.05) is 39.6 Å². The Morgan fingerprint density at radius 2 is 0.482 bits per heavy atom. The minimum Gasteiger partial charge on any atom is -0.462 e. The molecule has 0 radical (unpaired) electrons. The number of allylic oxidation sites excluding steroid dienone is 32. The second-order valence-corrected chi connectivity index (χ2v) is 30.6. The maximum atomic E-state index is 13.1. The Morgan fingerprint density at radius 3 is 0.804 bits per heavy atom. The van der Waals surface area contributed by atoms with Crippen LogP contribution in [0, 0.1) is 0 Å². The second-order valence-electron chi connectivity index (χ2n) is 27.7. The zero-order valence-electron chi connectivity index (χ0n) is 69.5. The molecule has 0 aromatic carbocycles. The van der Waals surface area contributed by atoms with Gasteiger partial charge in [-0.2, -0.15) is 0 Å². The molecular formula is C93H150O17P2. The van der Waals surface area contributed by atoms with E-state index in [0.717, 1.165) is 135 Å². The predicted octanol–water partition coefficient (Wildman–Crippen LogP) is 25.7. The lowest BCUT2D eigenvalue weighted by molar-refractivity contribution is -0.161. The molecular weight excluding hydrogens is 1450 g/mol. The fourth-order valence-corrected chi connectivity index (χ4v) is 12.2. The Labute approximate surface area is 678 Å². The first kappa shape index (κ1) is 106. The van der Waals surface area contributed by atoms with E-state index in [9.17, 15) is 43.2 Å². The van der Waals surface area contributed by atoms with Crippen molar-refractivity contribution in [1.82, 2.24) is 0 Å². The van der Waals surface area contributed by atoms with Crippen LogP contribution in [0.2, 0.25) is 0 Å². The molecule has 112 heavy (non-hydrogen) atoms. The zero-order valence-corrected chi connectivity index (χ0v) is 71.3. The van der Waals surface area contributed by atoms with Gasteiger partial charge in [0.1, 0.15) is 19.3 Å². The van der Waals surface area contributed by atoms with Crippen molar-refractivity contribution in [2.45, 2.75) is 329 Å². The van der Waals surface area contributed by atoms with Gasteiger partial charge in [-0.1, -0.05) is 331 Å². The Balaban J connectivity index is 5.57. The number of aliphatic hydroxyl groups is 1. The zero-order chi connectivity index (χ0) is 81.7. The summed E-state index contributed by atoms with van der Waals surface area (Å²) in [5, 5.41) is 10.7. The average Bonchev–Trinajstić information content (AvgIpc) is 0.897. The minimum absolute atomic E-state index is 0.0211. The van der Waals surface area contributed by atoms with Crippen molar-refractivity contribution < 1.29 is 80.2 Å². The van der Waals surface area contributed by atoms with Crippen molar-refractivity contribution in [3.63, 3.8) is 0 Å². The van der Waals surface area contributed by atoms with Crippen LogP contribution in [-0.2, 0) is 65.4 Å². The quantitative estimate of drug-likeness (QED) is 0.0169. The van der Waals surface area contributed by atoms with Crippen LogP contribution in [0.5, 0.6) is 0 Å². The predicted molar refractivity (Wildman–Crippen MR) is 463 cm³/mol. The molecule has 0 amide bonds. The number of carbonyl (C=O) groups excluding carboxylic acids is 4. The van der Waals surface area contributed by atoms with Crippen LogP contribution in [-0.4, -0.2) is 96.7 Å². The molecule has 5 atom stereocenters. The Morgan fingerprint density at radius 1 is 0.259 bits per heavy atom. The van der Waals surface area contributed by atoms with E-state index in [1.165, 1.54) is 83.5 Å². The third-order valence-electron chi connectivity index (χ3n) is 17.1. The molecule has 634 valence electrons. The molecule has 0 aromatic heterocycles. The first-order valence-electron chi connectivity index (χ1n) is 42.7. The SMILES string of the molecule is CC/C=C\C/C=C\C/C=C\C/C=C\C/C=C\C/C=C\CCC(=O)O[C@H](COC(=O)CCCCCCCCCCCCCCCCC)COP(=O)(O)OC[C@H](O)COP(=O)(O)OC[C@@H](COC(=O)CC/C=C\C/C=C\C/C=C\C/C=C\C/C=C\CCCCC)OC(=O)CCCCC/C=C\C/C=C\C/C=C\C/C=C\C/C=C\CC. The maximum Gasteiger partial charge on any atom is 0.472 e. The van der Waals surface area contributed by atoms with Gasteiger partial charge in [-0.05, 0) is 148 Å². The number of phosphoric ester groups is 2. The van der Waals surface area contributed by atoms with Crippen LogP contribution in [0.4, 0.5) is 0 Å². The number of aliphatic hydroxyl groups excluding tert-OH is 1. The molecule has 0 heterocycles. The number of hydrogen-bond acceptors (Lipinski definition) is 15. The molecule has 0 rings (SSSR count). The van der Waals surface area contributed by atoms with E-state index >= 15 is 0 Å². The topological polar surface area (TPSA) is 237 Å². The highest BCUT2D eigenvalue weighted by molar-refractivity contribution is 7.47. The van der Waals surface area contributed by atoms with Gasteiger partial charge in [0.25, 0.3) is 0 Å². The third-order valence-corrected chi connectivity index (χ3v) is 19.0. The summed E-state index contributed by atoms with van der Waals surface area (Å²) in [5.74, 6) is -2.42. The fourth-order valence-electron chi connectivity index (χ4n) is 10.7. The van der Waals surface area contributed by atoms with Crippen molar-refractivity contribution >= 4 is 39.5 Å². The highest BCUT2D eigenvalue weighted by atomic mass is 31.2. The molecule has 0 saturated heterocycles. The lowest BCUT2D eigenvalue weighted by Crippen LogP contribution is -2.30. The summed E-state index contributed by atoms with van der Waals surface area (Å²) in [6.45, 7) is 4.42. The van der Waals surface area contributed by atoms with E-state index in [-0.39, 0.29) is 25.7 Å². The highest BCUT2D eigenvalue weighted by Crippen LogP contribution is 2.45. The molecule has 3 N–H and O–H groups in total. The lowest BCUT2D eigenvalue weighted by Gasteiger charge is -2.21. The number of phosphoric acid groups is 2. The maximum absolute atomic E-state index is 13.1. The summed E-state index contributed by atoms with van der Waals surface area (Å²) in [6, 6.07) is 0. The van der Waals surface area contributed by atoms with Crippen LogP contribution >= 0.6 is 15.6 Å². The van der Waals surface area contributed by atoms with E-state index in [4.69, 9.17) is 37.0 Å². The molecule has 0 saturated carbocycles. The van der Waals surface area contributed by atoms with Crippen molar-refractivity contribution in [1.29, 1.82) is 0 Å². The number of ether oxygens (including phenoxy) is 4. The van der Waals surface area contributed by atoms with Gasteiger partial charge < -0.3 is 33.8 Å². The fraction of sp³-hybridized carbons (Fsp3) is 0.613. The van der Waals surface area contributed by atoms with Gasteiger partial charge in [-0.3, -0.25) is 37.3 Å². The standard InChI is InChI=1S/C93H150O17P2/c1-5-9-13-17-21-25-29-33-37-40-43-46-50-54-58-62-66-70-74-78-91(96)104-84-89(110-93(98)80-76-72-68-64-60-56-52-48-45-42-39-35-31-27-23-19-15-11-7-3)86-108-112(101,102)106-82-87(94)81-105-111(99,100)107-85-88(83-103-90(95)77-73-69-65-61-57-53-49-36-32-28-24-20-16-12-8-4)109-92(97)79-75-71-67-63-59-55-51-47-44-41-38-34-30-26-22-18-14-10-6-2/h10-11,14-15,21-23,25-27,33-35,37-39,43-48,54-56,58-60,66-67,70-71,87-89,94H,5-9,12-13,16-20,24,28-32,36,40-42,49-53,57,61-65,68-69,72-86H2,1-4H3,(H,99,100)(H,101,102)/b14-10-,15-11-,25-21-,26-22-,27-23-,37-33-,38-34-,39-35-,46-43-,47-44-,48-45-,58-54-,59-55-,60-56-,70-66-,71-67-/t87-,88+,89+/m0/s1. The van der Waals surface area contributed by atoms with Crippen LogP contribution in [0.15, 0.2) is 194 Å². The molecule has 17 nitrogen and oxygen atoms in total. The first-order chi connectivity index (χ1) is 54.7. The van der Waals surface area contributed by atoms with E-state index in [0.29, 0.717) is 38.5 Å². The average molecular weight is 1600 g/mol. The Bertz CT molecular complexity index is 2890. The van der Waals surface area contributed by atoms with Crippen LogP contribution < -0.4 is 0 Å². The minimum atomic E-state index is -5.02. The highest BCUT2D eigenvalue weighted by Gasteiger charge is 2.30. The van der Waals surface area contributed by atoms with Crippen LogP contribution in [0.1, 0.15) is 310 Å². The van der Waals surface area contributed by atoms with Crippen LogP contribution in [0.25, 0.3) is 0 Å². The van der Waals surface area contributed by atoms with Crippen molar-refractivity contribution in [3.05, 3.63) is 194 Å². The number of hydrogen-bond donors (Lipinski definition) is 3. The monoisotopic (exact) mass is 1600 g/mol. The largest absolute Gasteiger partial charge is 0.472 e. The number of rotatable bonds is 78. The Kier molecular flexibility index (Phi) is 78.4. The van der Waals surface area contributed by atoms with E-state index in [1.54, 1.807) is 0 Å². The molecule has 0 spiro atoms. The van der Waals surface area contributed by atoms with Crippen molar-refractivity contribution in [2.24, 2.45) is 0 Å². The van der Waals surface area contributed by atoms with Gasteiger partial charge in [0, 0.05) is 25.7 Å². The summed E-state index contributed by atoms with van der Waals surface area (Å²) in [7, 11) is -10.0. The smallest absolute Gasteiger partial charge is 0.462 e. The molecule has 0 aromatic rings. The first-order valence-corrected chi connectivity index (χ1v) is 45.7.